The van der Waals surface area contributed by atoms with Gasteiger partial charge in [0.25, 0.3) is 0 Å². The molecule has 0 aliphatic rings. The molecule has 1 unspecified atom stereocenters. The Morgan fingerprint density at radius 2 is 2.12 bits per heavy atom. The van der Waals surface area contributed by atoms with Crippen LogP contribution in [0.15, 0.2) is 24.3 Å². The van der Waals surface area contributed by atoms with Crippen molar-refractivity contribution in [3.05, 3.63) is 29.3 Å². The summed E-state index contributed by atoms with van der Waals surface area (Å²) in [7, 11) is 0. The molecular formula is C14H19NOS. The second-order valence-corrected chi connectivity index (χ2v) is 5.53. The molecule has 17 heavy (non-hydrogen) atoms. The molecule has 1 aromatic carbocycles. The molecule has 1 heterocycles. The topological polar surface area (TPSA) is 33.1 Å². The van der Waals surface area contributed by atoms with Crippen LogP contribution in [-0.4, -0.2) is 16.2 Å². The molecule has 0 saturated carbocycles. The molecule has 0 saturated heterocycles. The highest BCUT2D eigenvalue weighted by molar-refractivity contribution is 7.18. The second kappa shape index (κ2) is 6.12. The number of fused-ring (bicyclic) bond motifs is 1. The summed E-state index contributed by atoms with van der Waals surface area (Å²) in [5, 5.41) is 10.8. The monoisotopic (exact) mass is 249 g/mol. The first-order valence-electron chi connectivity index (χ1n) is 6.32. The van der Waals surface area contributed by atoms with Crippen LogP contribution in [0.4, 0.5) is 0 Å². The van der Waals surface area contributed by atoms with Gasteiger partial charge in [0.15, 0.2) is 0 Å². The molecule has 0 radical (unpaired) electrons. The largest absolute Gasteiger partial charge is 0.393 e. The van der Waals surface area contributed by atoms with Crippen molar-refractivity contribution >= 4 is 21.6 Å². The van der Waals surface area contributed by atoms with Gasteiger partial charge in [-0.05, 0) is 37.8 Å². The fraction of sp³-hybridized carbons (Fsp3) is 0.500. The standard InChI is InChI=1S/C14H19NOS/c1-2-6-11(16)7-5-10-14-15-12-8-3-4-9-13(12)17-14/h3-4,8-9,11,16H,2,5-7,10H2,1H3. The van der Waals surface area contributed by atoms with Gasteiger partial charge in [-0.2, -0.15) is 0 Å². The molecule has 2 nitrogen and oxygen atoms in total. The number of aryl methyl sites for hydroxylation is 1. The van der Waals surface area contributed by atoms with Gasteiger partial charge in [0, 0.05) is 0 Å². The molecule has 0 spiro atoms. The van der Waals surface area contributed by atoms with Gasteiger partial charge in [-0.15, -0.1) is 11.3 Å². The number of nitrogens with zero attached hydrogens (tertiary/aromatic N) is 1. The number of benzene rings is 1. The SMILES string of the molecule is CCCC(O)CCCc1nc2ccccc2s1. The highest BCUT2D eigenvalue weighted by Gasteiger charge is 2.05. The van der Waals surface area contributed by atoms with E-state index in [0.29, 0.717) is 0 Å². The molecule has 0 aliphatic heterocycles. The fourth-order valence-corrected chi connectivity index (χ4v) is 3.00. The number of hydrogen-bond donors (Lipinski definition) is 1. The Balaban J connectivity index is 1.86. The van der Waals surface area contributed by atoms with Crippen LogP contribution in [0, 0.1) is 0 Å². The molecule has 1 N–H and O–H groups in total. The van der Waals surface area contributed by atoms with Crippen molar-refractivity contribution in [3.8, 4) is 0 Å². The lowest BCUT2D eigenvalue weighted by atomic mass is 10.1. The van der Waals surface area contributed by atoms with E-state index in [1.54, 1.807) is 11.3 Å². The van der Waals surface area contributed by atoms with Crippen molar-refractivity contribution in [2.75, 3.05) is 0 Å². The van der Waals surface area contributed by atoms with Crippen LogP contribution in [-0.2, 0) is 6.42 Å². The third kappa shape index (κ3) is 3.51. The van der Waals surface area contributed by atoms with E-state index in [2.05, 4.69) is 30.1 Å². The van der Waals surface area contributed by atoms with E-state index in [0.717, 1.165) is 37.6 Å². The normalized spacial score (nSPS) is 13.1. The van der Waals surface area contributed by atoms with E-state index in [4.69, 9.17) is 0 Å². The third-order valence-electron chi connectivity index (χ3n) is 2.89. The number of para-hydroxylation sites is 1. The molecule has 2 aromatic rings. The van der Waals surface area contributed by atoms with Crippen LogP contribution >= 0.6 is 11.3 Å². The molecule has 1 aromatic heterocycles. The highest BCUT2D eigenvalue weighted by atomic mass is 32.1. The Labute approximate surface area is 106 Å². The molecule has 92 valence electrons. The molecule has 3 heteroatoms. The van der Waals surface area contributed by atoms with Crippen molar-refractivity contribution in [2.24, 2.45) is 0 Å². The Kier molecular flexibility index (Phi) is 4.51. The molecule has 0 bridgehead atoms. The smallest absolute Gasteiger partial charge is 0.0938 e. The Bertz CT molecular complexity index is 433. The number of rotatable bonds is 6. The summed E-state index contributed by atoms with van der Waals surface area (Å²) >= 11 is 1.77. The summed E-state index contributed by atoms with van der Waals surface area (Å²) < 4.78 is 1.26. The van der Waals surface area contributed by atoms with Crippen LogP contribution in [0.3, 0.4) is 0 Å². The van der Waals surface area contributed by atoms with Gasteiger partial charge in [0.2, 0.25) is 0 Å². The minimum atomic E-state index is -0.130. The zero-order chi connectivity index (χ0) is 12.1. The highest BCUT2D eigenvalue weighted by Crippen LogP contribution is 2.23. The first kappa shape index (κ1) is 12.5. The van der Waals surface area contributed by atoms with E-state index in [1.807, 2.05) is 6.07 Å². The summed E-state index contributed by atoms with van der Waals surface area (Å²) in [6.45, 7) is 2.11. The zero-order valence-electron chi connectivity index (χ0n) is 10.2. The first-order chi connectivity index (χ1) is 8.29. The van der Waals surface area contributed by atoms with Crippen LogP contribution < -0.4 is 0 Å². The Hall–Kier alpha value is -0.930. The number of aliphatic hydroxyl groups excluding tert-OH is 1. The lowest BCUT2D eigenvalue weighted by Crippen LogP contribution is -2.05. The molecular weight excluding hydrogens is 230 g/mol. The van der Waals surface area contributed by atoms with Crippen LogP contribution in [0.2, 0.25) is 0 Å². The van der Waals surface area contributed by atoms with Crippen molar-refractivity contribution < 1.29 is 5.11 Å². The summed E-state index contributed by atoms with van der Waals surface area (Å²) in [4.78, 5) is 4.59. The summed E-state index contributed by atoms with van der Waals surface area (Å²) in [5.41, 5.74) is 1.10. The predicted octanol–water partition coefficient (Wildman–Crippen LogP) is 3.78. The maximum absolute atomic E-state index is 9.65. The molecule has 1 atom stereocenters. The average Bonchev–Trinajstić information content (AvgIpc) is 2.71. The van der Waals surface area contributed by atoms with Gasteiger partial charge >= 0.3 is 0 Å². The molecule has 2 rings (SSSR count). The Morgan fingerprint density at radius 3 is 2.88 bits per heavy atom. The molecule has 0 fully saturated rings. The van der Waals surface area contributed by atoms with Crippen molar-refractivity contribution in [2.45, 2.75) is 45.1 Å². The number of hydrogen-bond acceptors (Lipinski definition) is 3. The van der Waals surface area contributed by atoms with Gasteiger partial charge in [-0.25, -0.2) is 4.98 Å². The summed E-state index contributed by atoms with van der Waals surface area (Å²) in [5.74, 6) is 0. The van der Waals surface area contributed by atoms with Crippen LogP contribution in [0.5, 0.6) is 0 Å². The van der Waals surface area contributed by atoms with Gasteiger partial charge in [-0.3, -0.25) is 0 Å². The fourth-order valence-electron chi connectivity index (χ4n) is 1.99. The van der Waals surface area contributed by atoms with E-state index in [9.17, 15) is 5.11 Å². The second-order valence-electron chi connectivity index (χ2n) is 4.41. The Morgan fingerprint density at radius 1 is 1.29 bits per heavy atom. The maximum Gasteiger partial charge on any atom is 0.0938 e. The minimum absolute atomic E-state index is 0.130. The maximum atomic E-state index is 9.65. The number of aliphatic hydroxyl groups is 1. The molecule has 0 aliphatic carbocycles. The lowest BCUT2D eigenvalue weighted by Gasteiger charge is -2.07. The van der Waals surface area contributed by atoms with E-state index < -0.39 is 0 Å². The number of aromatic nitrogens is 1. The zero-order valence-corrected chi connectivity index (χ0v) is 11.0. The van der Waals surface area contributed by atoms with E-state index >= 15 is 0 Å². The quantitative estimate of drug-likeness (QED) is 0.845. The van der Waals surface area contributed by atoms with Gasteiger partial charge < -0.3 is 5.11 Å². The molecule has 0 amide bonds. The van der Waals surface area contributed by atoms with Gasteiger partial charge in [0.1, 0.15) is 0 Å². The predicted molar refractivity (Wildman–Crippen MR) is 73.5 cm³/mol. The minimum Gasteiger partial charge on any atom is -0.393 e. The summed E-state index contributed by atoms with van der Waals surface area (Å²) in [6.07, 6.45) is 4.75. The van der Waals surface area contributed by atoms with Gasteiger partial charge in [0.05, 0.1) is 21.3 Å². The van der Waals surface area contributed by atoms with Crippen molar-refractivity contribution in [1.29, 1.82) is 0 Å². The van der Waals surface area contributed by atoms with E-state index in [-0.39, 0.29) is 6.10 Å². The first-order valence-corrected chi connectivity index (χ1v) is 7.13. The lowest BCUT2D eigenvalue weighted by molar-refractivity contribution is 0.151. The van der Waals surface area contributed by atoms with Gasteiger partial charge in [-0.1, -0.05) is 25.5 Å². The summed E-state index contributed by atoms with van der Waals surface area (Å²) in [6, 6.07) is 8.25. The van der Waals surface area contributed by atoms with E-state index in [1.165, 1.54) is 9.71 Å². The van der Waals surface area contributed by atoms with Crippen LogP contribution in [0.1, 0.15) is 37.6 Å². The third-order valence-corrected chi connectivity index (χ3v) is 3.98. The van der Waals surface area contributed by atoms with Crippen molar-refractivity contribution in [1.82, 2.24) is 4.98 Å². The van der Waals surface area contributed by atoms with Crippen LogP contribution in [0.25, 0.3) is 10.2 Å². The average molecular weight is 249 g/mol. The van der Waals surface area contributed by atoms with Crippen molar-refractivity contribution in [3.63, 3.8) is 0 Å². The number of thiazole rings is 1.